The third-order valence-corrected chi connectivity index (χ3v) is 4.73. The fraction of sp³-hybridized carbons (Fsp3) is 0.364. The van der Waals surface area contributed by atoms with E-state index in [0.29, 0.717) is 5.56 Å². The molecule has 1 amide bonds. The van der Waals surface area contributed by atoms with Crippen molar-refractivity contribution in [3.8, 4) is 0 Å². The Morgan fingerprint density at radius 3 is 2.30 bits per heavy atom. The lowest BCUT2D eigenvalue weighted by Crippen LogP contribution is -2.65. The molecule has 2 aromatic rings. The summed E-state index contributed by atoms with van der Waals surface area (Å²) in [7, 11) is 0. The molecule has 8 nitrogen and oxygen atoms in total. The highest BCUT2D eigenvalue weighted by Gasteiger charge is 2.48. The number of hydrogen-bond donors (Lipinski definition) is 3. The van der Waals surface area contributed by atoms with E-state index in [9.17, 15) is 19.8 Å². The summed E-state index contributed by atoms with van der Waals surface area (Å²) >= 11 is 0. The Labute approximate surface area is 174 Å². The average molecular weight is 415 g/mol. The molecule has 3 rings (SSSR count). The largest absolute Gasteiger partial charge is 0.453 e. The number of carbonyl (C=O) groups is 2. The highest BCUT2D eigenvalue weighted by Crippen LogP contribution is 2.26. The molecule has 160 valence electrons. The molecule has 1 aliphatic rings. The van der Waals surface area contributed by atoms with Crippen molar-refractivity contribution in [3.63, 3.8) is 0 Å². The van der Waals surface area contributed by atoms with Gasteiger partial charge in [-0.15, -0.1) is 0 Å². The molecule has 0 radical (unpaired) electrons. The first-order valence-corrected chi connectivity index (χ1v) is 9.62. The number of aliphatic hydroxyl groups excluding tert-OH is 2. The van der Waals surface area contributed by atoms with Gasteiger partial charge in [0.1, 0.15) is 18.2 Å². The number of nitrogens with one attached hydrogen (secondary N) is 1. The van der Waals surface area contributed by atoms with E-state index in [1.807, 2.05) is 30.3 Å². The van der Waals surface area contributed by atoms with E-state index in [4.69, 9.17) is 14.2 Å². The Kier molecular flexibility index (Phi) is 7.53. The zero-order valence-corrected chi connectivity index (χ0v) is 16.5. The Morgan fingerprint density at radius 2 is 1.70 bits per heavy atom. The van der Waals surface area contributed by atoms with Crippen molar-refractivity contribution in [2.45, 2.75) is 44.2 Å². The van der Waals surface area contributed by atoms with Crippen molar-refractivity contribution in [1.82, 2.24) is 5.32 Å². The second-order valence-corrected chi connectivity index (χ2v) is 6.97. The van der Waals surface area contributed by atoms with Gasteiger partial charge in [-0.2, -0.15) is 0 Å². The summed E-state index contributed by atoms with van der Waals surface area (Å²) in [6, 6.07) is 16.6. The summed E-state index contributed by atoms with van der Waals surface area (Å²) in [6.07, 6.45) is -4.66. The summed E-state index contributed by atoms with van der Waals surface area (Å²) in [4.78, 5) is 24.4. The van der Waals surface area contributed by atoms with Gasteiger partial charge >= 0.3 is 5.97 Å². The molecule has 0 saturated carbocycles. The van der Waals surface area contributed by atoms with E-state index in [0.717, 1.165) is 5.56 Å². The van der Waals surface area contributed by atoms with E-state index in [1.165, 1.54) is 6.92 Å². The third kappa shape index (κ3) is 5.43. The molecule has 0 bridgehead atoms. The van der Waals surface area contributed by atoms with Gasteiger partial charge < -0.3 is 29.7 Å². The quantitative estimate of drug-likeness (QED) is 0.578. The molecule has 0 spiro atoms. The van der Waals surface area contributed by atoms with Gasteiger partial charge in [-0.1, -0.05) is 48.5 Å². The molecule has 1 saturated heterocycles. The fourth-order valence-electron chi connectivity index (χ4n) is 3.26. The Hall–Kier alpha value is -2.78. The van der Waals surface area contributed by atoms with Crippen LogP contribution in [0.1, 0.15) is 22.8 Å². The van der Waals surface area contributed by atoms with Crippen LogP contribution >= 0.6 is 0 Å². The van der Waals surface area contributed by atoms with E-state index in [1.54, 1.807) is 30.3 Å². The maximum absolute atomic E-state index is 12.6. The standard InChI is InChI=1S/C22H25NO7/c1-14(25)23-18-20(30-21(27)16-10-6-3-7-11-16)19(26)17(12-24)29-22(18)28-13-15-8-4-2-5-9-15/h2-11,17-20,22,24,26H,12-13H2,1H3,(H,23,25)/t17-,18-,19+,20-,22-/m0/s1. The average Bonchev–Trinajstić information content (AvgIpc) is 2.76. The number of amides is 1. The van der Waals surface area contributed by atoms with Gasteiger partial charge in [-0.25, -0.2) is 4.79 Å². The van der Waals surface area contributed by atoms with Gasteiger partial charge in [0.2, 0.25) is 5.91 Å². The van der Waals surface area contributed by atoms with E-state index in [2.05, 4.69) is 5.32 Å². The van der Waals surface area contributed by atoms with Crippen LogP contribution in [0.3, 0.4) is 0 Å². The summed E-state index contributed by atoms with van der Waals surface area (Å²) in [6.45, 7) is 0.947. The highest BCUT2D eigenvalue weighted by molar-refractivity contribution is 5.89. The zero-order valence-electron chi connectivity index (χ0n) is 16.5. The van der Waals surface area contributed by atoms with Gasteiger partial charge in [0, 0.05) is 6.92 Å². The molecule has 0 unspecified atom stereocenters. The van der Waals surface area contributed by atoms with Gasteiger partial charge in [0.25, 0.3) is 0 Å². The minimum absolute atomic E-state index is 0.162. The minimum atomic E-state index is -1.36. The monoisotopic (exact) mass is 415 g/mol. The molecule has 0 aromatic heterocycles. The molecule has 3 N–H and O–H groups in total. The topological polar surface area (TPSA) is 114 Å². The van der Waals surface area contributed by atoms with Crippen LogP contribution < -0.4 is 5.32 Å². The Balaban J connectivity index is 1.82. The van der Waals surface area contributed by atoms with E-state index in [-0.39, 0.29) is 6.61 Å². The van der Waals surface area contributed by atoms with Crippen molar-refractivity contribution in [2.75, 3.05) is 6.61 Å². The fourth-order valence-corrected chi connectivity index (χ4v) is 3.26. The van der Waals surface area contributed by atoms with Gasteiger partial charge in [0.05, 0.1) is 18.8 Å². The lowest BCUT2D eigenvalue weighted by atomic mass is 9.96. The zero-order chi connectivity index (χ0) is 21.5. The summed E-state index contributed by atoms with van der Waals surface area (Å²) in [5, 5.41) is 22.9. The van der Waals surface area contributed by atoms with E-state index < -0.39 is 49.1 Å². The van der Waals surface area contributed by atoms with Gasteiger partial charge in [0.15, 0.2) is 12.4 Å². The SMILES string of the molecule is CC(=O)N[C@@H]1[C@@H](OCc2ccccc2)O[C@@H](CO)[C@@H](O)[C@H]1OC(=O)c1ccccc1. The number of esters is 1. The second-order valence-electron chi connectivity index (χ2n) is 6.97. The van der Waals surface area contributed by atoms with Crippen LogP contribution in [0.15, 0.2) is 60.7 Å². The molecule has 8 heteroatoms. The summed E-state index contributed by atoms with van der Waals surface area (Å²) in [5.74, 6) is -1.08. The molecular weight excluding hydrogens is 390 g/mol. The van der Waals surface area contributed by atoms with Crippen LogP contribution in [0.5, 0.6) is 0 Å². The predicted molar refractivity (Wildman–Crippen MR) is 106 cm³/mol. The molecule has 1 aliphatic heterocycles. The van der Waals surface area contributed by atoms with Crippen molar-refractivity contribution in [2.24, 2.45) is 0 Å². The van der Waals surface area contributed by atoms with Crippen molar-refractivity contribution in [1.29, 1.82) is 0 Å². The molecule has 2 aromatic carbocycles. The molecule has 30 heavy (non-hydrogen) atoms. The van der Waals surface area contributed by atoms with Crippen LogP contribution in [0.4, 0.5) is 0 Å². The van der Waals surface area contributed by atoms with Gasteiger partial charge in [-0.05, 0) is 17.7 Å². The van der Waals surface area contributed by atoms with Crippen LogP contribution in [-0.2, 0) is 25.6 Å². The molecule has 1 fully saturated rings. The first kappa shape index (κ1) is 21.9. The molecule has 1 heterocycles. The molecule has 0 aliphatic carbocycles. The van der Waals surface area contributed by atoms with Crippen molar-refractivity contribution in [3.05, 3.63) is 71.8 Å². The predicted octanol–water partition coefficient (Wildman–Crippen LogP) is 1.01. The van der Waals surface area contributed by atoms with Crippen molar-refractivity contribution < 1.29 is 34.0 Å². The smallest absolute Gasteiger partial charge is 0.338 e. The van der Waals surface area contributed by atoms with Gasteiger partial charge in [-0.3, -0.25) is 4.79 Å². The first-order chi connectivity index (χ1) is 14.5. The Bertz CT molecular complexity index is 830. The van der Waals surface area contributed by atoms with Crippen LogP contribution in [0.25, 0.3) is 0 Å². The number of ether oxygens (including phenoxy) is 3. The normalized spacial score (nSPS) is 26.0. The molecular formula is C22H25NO7. The highest BCUT2D eigenvalue weighted by atomic mass is 16.7. The third-order valence-electron chi connectivity index (χ3n) is 4.73. The minimum Gasteiger partial charge on any atom is -0.453 e. The lowest BCUT2D eigenvalue weighted by molar-refractivity contribution is -0.273. The summed E-state index contributed by atoms with van der Waals surface area (Å²) in [5.41, 5.74) is 1.16. The number of aliphatic hydroxyl groups is 2. The Morgan fingerprint density at radius 1 is 1.07 bits per heavy atom. The van der Waals surface area contributed by atoms with Crippen molar-refractivity contribution >= 4 is 11.9 Å². The number of rotatable bonds is 7. The van der Waals surface area contributed by atoms with Crippen LogP contribution in [-0.4, -0.2) is 59.3 Å². The second kappa shape index (κ2) is 10.3. The maximum Gasteiger partial charge on any atom is 0.338 e. The lowest BCUT2D eigenvalue weighted by Gasteiger charge is -2.43. The van der Waals surface area contributed by atoms with E-state index >= 15 is 0 Å². The number of benzene rings is 2. The molecule has 5 atom stereocenters. The summed E-state index contributed by atoms with van der Waals surface area (Å²) < 4.78 is 17.0. The number of carbonyl (C=O) groups excluding carboxylic acids is 2. The number of hydrogen-bond acceptors (Lipinski definition) is 7. The van der Waals surface area contributed by atoms with Crippen LogP contribution in [0, 0.1) is 0 Å². The first-order valence-electron chi connectivity index (χ1n) is 9.62. The maximum atomic E-state index is 12.6. The van der Waals surface area contributed by atoms with Crippen LogP contribution in [0.2, 0.25) is 0 Å².